The molecule has 5 fully saturated rings. The Bertz CT molecular complexity index is 3120. The SMILES string of the molecule is CC(C)c1ccccc1[C@@H]1COCCN1C1C(C)(C)C2(CCN(c3ccc(C(=O)NS(=O)(=O)c4ccc(NCC5CCC(C)(O)CC5)c([N+](=O)[O-])c4)c(N4c5cc6cc[nH]c6nc5O[C@H]5COCC[C@@H]54)c3)CC2)C1(C)C. The summed E-state index contributed by atoms with van der Waals surface area (Å²) < 4.78 is 49.6. The number of carbonyl (C=O) groups is 1. The summed E-state index contributed by atoms with van der Waals surface area (Å²) in [6.45, 7) is 21.3. The van der Waals surface area contributed by atoms with E-state index in [1.807, 2.05) is 37.4 Å². The number of nitro benzene ring substituents is 1. The van der Waals surface area contributed by atoms with Crippen molar-refractivity contribution in [2.24, 2.45) is 22.2 Å². The van der Waals surface area contributed by atoms with Crippen molar-refractivity contribution in [1.82, 2.24) is 19.6 Å². The fraction of sp³-hybridized carbons (Fsp3) is 0.552. The number of morpholine rings is 1. The number of carbonyl (C=O) groups excluding carboxylic acids is 1. The Labute approximate surface area is 446 Å². The second-order valence-corrected chi connectivity index (χ2v) is 25.8. The standard InChI is InChI=1S/C58H74N8O9S/c1-36(2)41-10-8-9-11-42(41)49-34-74-29-27-64(49)54-55(3,4)58(56(54,5)6)22-25-63(26-23-58)39-12-14-43(46(31-39)65-45-19-28-73-35-50(45)75-53-48(65)30-38-18-24-59-51(38)61-53)52(67)62-76(71,72)40-13-15-44(47(32-40)66(69)70)60-33-37-16-20-57(7,68)21-17-37/h8-15,18,24,30-32,36-37,45,49-50,54,60,68H,16-17,19-23,25-29,33-35H2,1-7H3,(H,59,61)(H,62,67)/t37?,45-,49-,50-,57?/m0/s1. The molecule has 1 amide bonds. The average molecular weight is 1060 g/mol. The number of fused-ring (bicyclic) bond motifs is 3. The summed E-state index contributed by atoms with van der Waals surface area (Å²) in [6.07, 6.45) is 6.63. The predicted octanol–water partition coefficient (Wildman–Crippen LogP) is 9.85. The molecule has 2 aromatic heterocycles. The lowest BCUT2D eigenvalue weighted by Crippen LogP contribution is -2.78. The normalized spacial score (nSPS) is 26.3. The van der Waals surface area contributed by atoms with Gasteiger partial charge in [-0.3, -0.25) is 19.8 Å². The molecule has 18 heteroatoms. The molecule has 3 saturated heterocycles. The molecule has 0 radical (unpaired) electrons. The molecule has 0 bridgehead atoms. The van der Waals surface area contributed by atoms with E-state index in [2.05, 4.69) is 95.5 Å². The van der Waals surface area contributed by atoms with E-state index in [0.717, 1.165) is 62.5 Å². The van der Waals surface area contributed by atoms with Crippen molar-refractivity contribution in [2.45, 2.75) is 134 Å². The fourth-order valence-corrected chi connectivity index (χ4v) is 16.0. The Balaban J connectivity index is 0.900. The minimum atomic E-state index is -4.64. The van der Waals surface area contributed by atoms with Gasteiger partial charge in [0.05, 0.1) is 58.6 Å². The number of rotatable bonds is 12. The van der Waals surface area contributed by atoms with Crippen molar-refractivity contribution in [3.05, 3.63) is 106 Å². The number of aliphatic hydroxyl groups is 1. The first kappa shape index (κ1) is 52.3. The smallest absolute Gasteiger partial charge is 0.293 e. The molecule has 1 spiro atoms. The molecule has 3 aromatic carbocycles. The zero-order valence-corrected chi connectivity index (χ0v) is 45.8. The van der Waals surface area contributed by atoms with Crippen LogP contribution in [0.4, 0.5) is 28.4 Å². The van der Waals surface area contributed by atoms with Gasteiger partial charge >= 0.3 is 0 Å². The van der Waals surface area contributed by atoms with E-state index in [1.165, 1.54) is 23.3 Å². The van der Waals surface area contributed by atoms with Gasteiger partial charge in [-0.15, -0.1) is 0 Å². The Morgan fingerprint density at radius 1 is 0.895 bits per heavy atom. The first-order valence-corrected chi connectivity index (χ1v) is 28.8. The lowest BCUT2D eigenvalue weighted by molar-refractivity contribution is -0.384. The van der Waals surface area contributed by atoms with Gasteiger partial charge in [-0.1, -0.05) is 65.8 Å². The Morgan fingerprint density at radius 3 is 2.37 bits per heavy atom. The van der Waals surface area contributed by atoms with Gasteiger partial charge in [-0.05, 0) is 134 Å². The molecule has 4 N–H and O–H groups in total. The number of anilines is 4. The molecule has 17 nitrogen and oxygen atoms in total. The third kappa shape index (κ3) is 8.98. The number of hydrogen-bond donors (Lipinski definition) is 4. The third-order valence-corrected chi connectivity index (χ3v) is 20.2. The molecular formula is C58H74N8O9S. The van der Waals surface area contributed by atoms with E-state index in [9.17, 15) is 28.4 Å². The van der Waals surface area contributed by atoms with Gasteiger partial charge < -0.3 is 39.4 Å². The summed E-state index contributed by atoms with van der Waals surface area (Å²) in [7, 11) is -4.64. The van der Waals surface area contributed by atoms with E-state index in [1.54, 1.807) is 6.07 Å². The van der Waals surface area contributed by atoms with Gasteiger partial charge in [0.15, 0.2) is 0 Å². The zero-order valence-electron chi connectivity index (χ0n) is 44.9. The highest BCUT2D eigenvalue weighted by molar-refractivity contribution is 7.90. The number of nitrogens with zero attached hydrogens (tertiary/aromatic N) is 5. The van der Waals surface area contributed by atoms with Gasteiger partial charge in [-0.2, -0.15) is 4.98 Å². The number of ether oxygens (including phenoxy) is 3. The number of aromatic amines is 1. The van der Waals surface area contributed by atoms with Crippen molar-refractivity contribution in [3.8, 4) is 5.88 Å². The second-order valence-electron chi connectivity index (χ2n) is 24.1. The number of H-pyrrole nitrogens is 1. The van der Waals surface area contributed by atoms with E-state index in [-0.39, 0.29) is 45.5 Å². The molecule has 3 atom stereocenters. The van der Waals surface area contributed by atoms with E-state index >= 15 is 0 Å². The molecule has 4 aliphatic heterocycles. The molecule has 0 unspecified atom stereocenters. The number of aromatic nitrogens is 2. The molecule has 76 heavy (non-hydrogen) atoms. The van der Waals surface area contributed by atoms with Crippen LogP contribution in [0.3, 0.4) is 0 Å². The Morgan fingerprint density at radius 2 is 1.63 bits per heavy atom. The van der Waals surface area contributed by atoms with Gasteiger partial charge in [-0.25, -0.2) is 13.1 Å². The summed E-state index contributed by atoms with van der Waals surface area (Å²) in [5.74, 6) is 0.0679. The van der Waals surface area contributed by atoms with Crippen molar-refractivity contribution in [2.75, 3.05) is 67.7 Å². The maximum Gasteiger partial charge on any atom is 0.293 e. The molecule has 406 valence electrons. The quantitative estimate of drug-likeness (QED) is 0.0679. The van der Waals surface area contributed by atoms with Crippen LogP contribution < -0.4 is 24.6 Å². The average Bonchev–Trinajstić information content (AvgIpc) is 3.94. The largest absolute Gasteiger partial charge is 0.468 e. The molecule has 6 aliphatic rings. The van der Waals surface area contributed by atoms with Gasteiger partial charge in [0, 0.05) is 62.2 Å². The second kappa shape index (κ2) is 19.6. The van der Waals surface area contributed by atoms with Crippen molar-refractivity contribution >= 4 is 55.4 Å². The number of amides is 1. The van der Waals surface area contributed by atoms with Crippen molar-refractivity contribution in [3.63, 3.8) is 0 Å². The number of nitro groups is 1. The van der Waals surface area contributed by atoms with E-state index in [4.69, 9.17) is 19.2 Å². The molecule has 6 heterocycles. The molecular weight excluding hydrogens is 985 g/mol. The van der Waals surface area contributed by atoms with Crippen LogP contribution in [0.15, 0.2) is 83.9 Å². The molecule has 11 rings (SSSR count). The summed E-state index contributed by atoms with van der Waals surface area (Å²) in [5, 5.41) is 26.9. The van der Waals surface area contributed by atoms with Crippen LogP contribution in [0.1, 0.15) is 127 Å². The lowest BCUT2D eigenvalue weighted by atomic mass is 9.33. The topological polar surface area (TPSA) is 205 Å². The van der Waals surface area contributed by atoms with Crippen molar-refractivity contribution in [1.29, 1.82) is 0 Å². The number of hydrogen-bond acceptors (Lipinski definition) is 14. The summed E-state index contributed by atoms with van der Waals surface area (Å²) in [6, 6.07) is 22.2. The van der Waals surface area contributed by atoms with Crippen LogP contribution in [0.5, 0.6) is 5.88 Å². The summed E-state index contributed by atoms with van der Waals surface area (Å²) in [4.78, 5) is 41.6. The first-order valence-electron chi connectivity index (χ1n) is 27.3. The minimum absolute atomic E-state index is 0.0219. The Kier molecular flexibility index (Phi) is 13.5. The van der Waals surface area contributed by atoms with Gasteiger partial charge in [0.2, 0.25) is 5.88 Å². The molecule has 2 saturated carbocycles. The third-order valence-electron chi connectivity index (χ3n) is 18.9. The van der Waals surface area contributed by atoms with Crippen LogP contribution in [-0.4, -0.2) is 116 Å². The van der Waals surface area contributed by atoms with Crippen LogP contribution in [0, 0.1) is 32.3 Å². The summed E-state index contributed by atoms with van der Waals surface area (Å²) in [5.41, 5.74) is 4.54. The number of nitrogens with one attached hydrogen (secondary N) is 3. The van der Waals surface area contributed by atoms with Crippen LogP contribution in [0.25, 0.3) is 11.0 Å². The fourth-order valence-electron chi connectivity index (χ4n) is 15.0. The number of benzene rings is 3. The predicted molar refractivity (Wildman–Crippen MR) is 293 cm³/mol. The van der Waals surface area contributed by atoms with Crippen LogP contribution >= 0.6 is 0 Å². The minimum Gasteiger partial charge on any atom is -0.468 e. The first-order chi connectivity index (χ1) is 36.2. The highest BCUT2D eigenvalue weighted by Gasteiger charge is 2.73. The van der Waals surface area contributed by atoms with E-state index < -0.39 is 43.1 Å². The van der Waals surface area contributed by atoms with Gasteiger partial charge in [0.25, 0.3) is 21.6 Å². The Hall–Kier alpha value is -5.79. The van der Waals surface area contributed by atoms with Gasteiger partial charge in [0.1, 0.15) is 23.1 Å². The van der Waals surface area contributed by atoms with Crippen LogP contribution in [0.2, 0.25) is 0 Å². The maximum absolute atomic E-state index is 14.9. The highest BCUT2D eigenvalue weighted by atomic mass is 32.2. The molecule has 5 aromatic rings. The number of pyridine rings is 1. The van der Waals surface area contributed by atoms with Crippen molar-refractivity contribution < 1.29 is 37.5 Å². The number of piperidine rings is 1. The maximum atomic E-state index is 14.9. The lowest BCUT2D eigenvalue weighted by Gasteiger charge is -2.77. The van der Waals surface area contributed by atoms with E-state index in [0.29, 0.717) is 87.1 Å². The monoisotopic (exact) mass is 1060 g/mol. The number of sulfonamides is 1. The molecule has 2 aliphatic carbocycles. The highest BCUT2D eigenvalue weighted by Crippen LogP contribution is 2.74. The zero-order chi connectivity index (χ0) is 53.5. The summed E-state index contributed by atoms with van der Waals surface area (Å²) >= 11 is 0. The van der Waals surface area contributed by atoms with Crippen LogP contribution in [-0.2, 0) is 19.5 Å².